The van der Waals surface area contributed by atoms with Crippen LogP contribution in [0.5, 0.6) is 0 Å². The fourth-order valence-electron chi connectivity index (χ4n) is 4.15. The Balaban J connectivity index is 1.39. The SMILES string of the molecule is O=C(Nc1cccc2ccccc12)C1NC(CN2CCOCC2)=C2C(F)=CC=CN21. The van der Waals surface area contributed by atoms with Crippen molar-refractivity contribution in [2.45, 2.75) is 6.17 Å². The third kappa shape index (κ3) is 3.46. The predicted molar refractivity (Wildman–Crippen MR) is 114 cm³/mol. The highest BCUT2D eigenvalue weighted by molar-refractivity contribution is 6.04. The fraction of sp³-hybridized carbons (Fsp3) is 0.261. The summed E-state index contributed by atoms with van der Waals surface area (Å²) in [5, 5.41) is 8.29. The highest BCUT2D eigenvalue weighted by Crippen LogP contribution is 2.32. The van der Waals surface area contributed by atoms with Crippen LogP contribution in [0, 0.1) is 0 Å². The second kappa shape index (κ2) is 7.93. The third-order valence-corrected chi connectivity index (χ3v) is 5.63. The molecule has 1 fully saturated rings. The highest BCUT2D eigenvalue weighted by atomic mass is 19.1. The van der Waals surface area contributed by atoms with Gasteiger partial charge in [-0.2, -0.15) is 0 Å². The quantitative estimate of drug-likeness (QED) is 0.818. The van der Waals surface area contributed by atoms with Gasteiger partial charge < -0.3 is 20.3 Å². The Kier molecular flexibility index (Phi) is 4.98. The van der Waals surface area contributed by atoms with E-state index in [1.807, 2.05) is 42.5 Å². The number of nitrogens with zero attached hydrogens (tertiary/aromatic N) is 2. The van der Waals surface area contributed by atoms with Gasteiger partial charge >= 0.3 is 0 Å². The Hall–Kier alpha value is -3.16. The van der Waals surface area contributed by atoms with Crippen LogP contribution in [0.3, 0.4) is 0 Å². The lowest BCUT2D eigenvalue weighted by Gasteiger charge is -2.27. The minimum Gasteiger partial charge on any atom is -0.379 e. The minimum atomic E-state index is -0.717. The van der Waals surface area contributed by atoms with E-state index < -0.39 is 6.17 Å². The maximum Gasteiger partial charge on any atom is 0.268 e. The molecular formula is C23H23FN4O2. The van der Waals surface area contributed by atoms with E-state index in [1.54, 1.807) is 17.2 Å². The van der Waals surface area contributed by atoms with E-state index in [0.29, 0.717) is 31.2 Å². The van der Waals surface area contributed by atoms with Gasteiger partial charge in [0.1, 0.15) is 5.83 Å². The van der Waals surface area contributed by atoms with E-state index in [9.17, 15) is 9.18 Å². The molecule has 2 N–H and O–H groups in total. The molecule has 1 atom stereocenters. The number of allylic oxidation sites excluding steroid dienone is 3. The van der Waals surface area contributed by atoms with Crippen molar-refractivity contribution < 1.29 is 13.9 Å². The molecule has 0 aromatic heterocycles. The number of amides is 1. The Morgan fingerprint density at radius 1 is 1.17 bits per heavy atom. The average Bonchev–Trinajstić information content (AvgIpc) is 3.14. The molecule has 6 nitrogen and oxygen atoms in total. The summed E-state index contributed by atoms with van der Waals surface area (Å²) in [5.41, 5.74) is 1.88. The molecule has 3 aliphatic heterocycles. The van der Waals surface area contributed by atoms with Crippen LogP contribution >= 0.6 is 0 Å². The number of morpholine rings is 1. The summed E-state index contributed by atoms with van der Waals surface area (Å²) in [6, 6.07) is 13.7. The standard InChI is InChI=1S/C23H23FN4O2/c24-18-8-4-10-28-21(18)20(15-27-11-13-30-14-12-27)25-22(28)23(29)26-19-9-3-6-16-5-1-2-7-17(16)19/h1-10,22,25H,11-15H2,(H,26,29). The number of anilines is 1. The van der Waals surface area contributed by atoms with Crippen LogP contribution in [0.1, 0.15) is 0 Å². The van der Waals surface area contributed by atoms with Crippen LogP contribution in [0.25, 0.3) is 10.8 Å². The van der Waals surface area contributed by atoms with Crippen molar-refractivity contribution in [1.82, 2.24) is 15.1 Å². The Bertz CT molecular complexity index is 1070. The lowest BCUT2D eigenvalue weighted by atomic mass is 10.1. The molecule has 0 bridgehead atoms. The molecule has 1 amide bonds. The first-order chi connectivity index (χ1) is 14.7. The summed E-state index contributed by atoms with van der Waals surface area (Å²) in [6.45, 7) is 3.44. The summed E-state index contributed by atoms with van der Waals surface area (Å²) in [4.78, 5) is 17.1. The van der Waals surface area contributed by atoms with Crippen LogP contribution in [-0.2, 0) is 9.53 Å². The molecule has 30 heavy (non-hydrogen) atoms. The van der Waals surface area contributed by atoms with Crippen molar-refractivity contribution in [2.75, 3.05) is 38.2 Å². The van der Waals surface area contributed by atoms with Gasteiger partial charge in [0.2, 0.25) is 0 Å². The van der Waals surface area contributed by atoms with Crippen molar-refractivity contribution in [2.24, 2.45) is 0 Å². The van der Waals surface area contributed by atoms with Crippen LogP contribution in [0.2, 0.25) is 0 Å². The minimum absolute atomic E-state index is 0.236. The number of rotatable bonds is 4. The zero-order chi connectivity index (χ0) is 20.5. The summed E-state index contributed by atoms with van der Waals surface area (Å²) in [6.07, 6.45) is 4.07. The monoisotopic (exact) mass is 406 g/mol. The molecule has 1 unspecified atom stereocenters. The van der Waals surface area contributed by atoms with E-state index in [2.05, 4.69) is 15.5 Å². The number of hydrogen-bond donors (Lipinski definition) is 2. The van der Waals surface area contributed by atoms with Crippen molar-refractivity contribution in [3.8, 4) is 0 Å². The van der Waals surface area contributed by atoms with Crippen LogP contribution in [0.4, 0.5) is 10.1 Å². The van der Waals surface area contributed by atoms with Gasteiger partial charge in [-0.25, -0.2) is 4.39 Å². The maximum atomic E-state index is 14.7. The van der Waals surface area contributed by atoms with Crippen LogP contribution in [-0.4, -0.2) is 54.7 Å². The Morgan fingerprint density at radius 3 is 2.83 bits per heavy atom. The molecular weight excluding hydrogens is 383 g/mol. The summed E-state index contributed by atoms with van der Waals surface area (Å²) in [7, 11) is 0. The maximum absolute atomic E-state index is 14.7. The number of nitrogens with one attached hydrogen (secondary N) is 2. The van der Waals surface area contributed by atoms with Crippen molar-refractivity contribution >= 4 is 22.4 Å². The van der Waals surface area contributed by atoms with Gasteiger partial charge in [0.05, 0.1) is 24.6 Å². The van der Waals surface area contributed by atoms with Crippen molar-refractivity contribution in [3.05, 3.63) is 78.0 Å². The van der Waals surface area contributed by atoms with Crippen molar-refractivity contribution in [1.29, 1.82) is 0 Å². The summed E-state index contributed by atoms with van der Waals surface area (Å²) >= 11 is 0. The number of fused-ring (bicyclic) bond motifs is 2. The first-order valence-corrected chi connectivity index (χ1v) is 10.1. The zero-order valence-corrected chi connectivity index (χ0v) is 16.5. The molecule has 3 heterocycles. The van der Waals surface area contributed by atoms with E-state index in [-0.39, 0.29) is 11.7 Å². The molecule has 5 rings (SSSR count). The van der Waals surface area contributed by atoms with Gasteiger partial charge in [-0.3, -0.25) is 9.69 Å². The molecule has 7 heteroatoms. The second-order valence-corrected chi connectivity index (χ2v) is 7.54. The molecule has 3 aliphatic rings. The fourth-order valence-corrected chi connectivity index (χ4v) is 4.15. The number of carbonyl (C=O) groups is 1. The topological polar surface area (TPSA) is 56.8 Å². The van der Waals surface area contributed by atoms with Gasteiger partial charge in [0.15, 0.2) is 6.17 Å². The lowest BCUT2D eigenvalue weighted by Crippen LogP contribution is -2.46. The molecule has 0 saturated carbocycles. The number of benzene rings is 2. The Labute approximate surface area is 174 Å². The van der Waals surface area contributed by atoms with E-state index in [1.165, 1.54) is 6.08 Å². The van der Waals surface area contributed by atoms with E-state index in [4.69, 9.17) is 4.74 Å². The van der Waals surface area contributed by atoms with Gasteiger partial charge in [0.25, 0.3) is 5.91 Å². The molecule has 2 aromatic carbocycles. The van der Waals surface area contributed by atoms with Gasteiger partial charge in [-0.05, 0) is 23.6 Å². The molecule has 0 radical (unpaired) electrons. The second-order valence-electron chi connectivity index (χ2n) is 7.54. The lowest BCUT2D eigenvalue weighted by molar-refractivity contribution is -0.120. The van der Waals surface area contributed by atoms with E-state index in [0.717, 1.165) is 29.5 Å². The van der Waals surface area contributed by atoms with Gasteiger partial charge in [-0.15, -0.1) is 0 Å². The zero-order valence-electron chi connectivity index (χ0n) is 16.5. The molecule has 0 spiro atoms. The summed E-state index contributed by atoms with van der Waals surface area (Å²) < 4.78 is 20.1. The molecule has 154 valence electrons. The first kappa shape index (κ1) is 18.8. The molecule has 2 aromatic rings. The van der Waals surface area contributed by atoms with Crippen molar-refractivity contribution in [3.63, 3.8) is 0 Å². The summed E-state index contributed by atoms with van der Waals surface area (Å²) in [5.74, 6) is -0.575. The van der Waals surface area contributed by atoms with Gasteiger partial charge in [-0.1, -0.05) is 36.4 Å². The number of carbonyl (C=O) groups excluding carboxylic acids is 1. The molecule has 0 aliphatic carbocycles. The number of hydrogen-bond acceptors (Lipinski definition) is 5. The largest absolute Gasteiger partial charge is 0.379 e. The predicted octanol–water partition coefficient (Wildman–Crippen LogP) is 2.93. The van der Waals surface area contributed by atoms with Crippen LogP contribution < -0.4 is 10.6 Å². The molecule has 1 saturated heterocycles. The third-order valence-electron chi connectivity index (χ3n) is 5.63. The highest BCUT2D eigenvalue weighted by Gasteiger charge is 2.38. The number of ether oxygens (including phenoxy) is 1. The average molecular weight is 406 g/mol. The smallest absolute Gasteiger partial charge is 0.268 e. The van der Waals surface area contributed by atoms with Gasteiger partial charge in [0, 0.05) is 36.9 Å². The first-order valence-electron chi connectivity index (χ1n) is 10.1. The Morgan fingerprint density at radius 2 is 1.97 bits per heavy atom. The van der Waals surface area contributed by atoms with E-state index >= 15 is 0 Å². The number of halogens is 1. The normalized spacial score (nSPS) is 21.4. The van der Waals surface area contributed by atoms with Crippen LogP contribution in [0.15, 0.2) is 78.0 Å².